The first-order valence-corrected chi connectivity index (χ1v) is 2.91. The predicted molar refractivity (Wildman–Crippen MR) is 35.4 cm³/mol. The van der Waals surface area contributed by atoms with Gasteiger partial charge in [0.05, 0.1) is 12.3 Å². The third-order valence-electron chi connectivity index (χ3n) is 1.28. The van der Waals surface area contributed by atoms with Gasteiger partial charge in [-0.3, -0.25) is 4.98 Å². The molecule has 0 aromatic carbocycles. The number of hydrogen-bond acceptors (Lipinski definition) is 3. The molecule has 0 aliphatic carbocycles. The van der Waals surface area contributed by atoms with Crippen LogP contribution in [0.1, 0.15) is 11.3 Å². The van der Waals surface area contributed by atoms with Gasteiger partial charge < -0.3 is 10.2 Å². The fraction of sp³-hybridized carbons (Fsp3) is 0.286. The van der Waals surface area contributed by atoms with E-state index in [1.807, 2.05) is 0 Å². The lowest BCUT2D eigenvalue weighted by atomic mass is 10.2. The molecule has 1 rings (SSSR count). The Bertz CT molecular complexity index is 235. The van der Waals surface area contributed by atoms with Gasteiger partial charge >= 0.3 is 0 Å². The highest BCUT2D eigenvalue weighted by atomic mass is 16.3. The summed E-state index contributed by atoms with van der Waals surface area (Å²) in [4.78, 5) is 3.77. The van der Waals surface area contributed by atoms with Crippen LogP contribution in [0.4, 0.5) is 0 Å². The molecule has 0 unspecified atom stereocenters. The number of aromatic hydroxyl groups is 1. The van der Waals surface area contributed by atoms with Gasteiger partial charge in [-0.15, -0.1) is 0 Å². The first kappa shape index (κ1) is 7.02. The zero-order valence-electron chi connectivity index (χ0n) is 5.63. The van der Waals surface area contributed by atoms with Crippen molar-refractivity contribution in [3.63, 3.8) is 0 Å². The quantitative estimate of drug-likeness (QED) is 0.590. The van der Waals surface area contributed by atoms with Crippen LogP contribution in [0.15, 0.2) is 6.20 Å². The standard InChI is InChI=1S/C7H8NO2/c1-5-7(10)6(4-9)2-3-8-5/h3,9-10H,4H2,1H3. The topological polar surface area (TPSA) is 53.4 Å². The molecule has 0 saturated heterocycles. The molecule has 1 heterocycles. The fourth-order valence-corrected chi connectivity index (χ4v) is 0.675. The highest BCUT2D eigenvalue weighted by molar-refractivity contribution is 5.32. The number of aryl methyl sites for hydroxylation is 1. The molecular formula is C7H8NO2. The predicted octanol–water partition coefficient (Wildman–Crippen LogP) is 0.388. The van der Waals surface area contributed by atoms with Crippen molar-refractivity contribution in [3.8, 4) is 5.75 Å². The zero-order valence-corrected chi connectivity index (χ0v) is 5.63. The van der Waals surface area contributed by atoms with Crippen molar-refractivity contribution >= 4 is 0 Å². The Kier molecular flexibility index (Phi) is 1.87. The Labute approximate surface area is 59.0 Å². The van der Waals surface area contributed by atoms with Gasteiger partial charge in [-0.2, -0.15) is 0 Å². The minimum atomic E-state index is -0.199. The van der Waals surface area contributed by atoms with E-state index < -0.39 is 0 Å². The van der Waals surface area contributed by atoms with E-state index in [9.17, 15) is 0 Å². The Hall–Kier alpha value is -1.09. The molecule has 0 atom stereocenters. The lowest BCUT2D eigenvalue weighted by Gasteiger charge is -2.00. The molecule has 3 nitrogen and oxygen atoms in total. The van der Waals surface area contributed by atoms with Gasteiger partial charge in [0.2, 0.25) is 0 Å². The lowest BCUT2D eigenvalue weighted by molar-refractivity contribution is 0.274. The summed E-state index contributed by atoms with van der Waals surface area (Å²) in [5.74, 6) is 0.0324. The summed E-state index contributed by atoms with van der Waals surface area (Å²) in [5.41, 5.74) is 0.912. The normalized spacial score (nSPS) is 9.80. The maximum absolute atomic E-state index is 9.14. The summed E-state index contributed by atoms with van der Waals surface area (Å²) < 4.78 is 0. The molecule has 53 valence electrons. The first-order chi connectivity index (χ1) is 4.75. The van der Waals surface area contributed by atoms with Gasteiger partial charge in [0.15, 0.2) is 0 Å². The van der Waals surface area contributed by atoms with Gasteiger partial charge in [0.1, 0.15) is 5.75 Å². The van der Waals surface area contributed by atoms with Crippen LogP contribution in [0.2, 0.25) is 0 Å². The molecule has 0 bridgehead atoms. The second kappa shape index (κ2) is 2.66. The van der Waals surface area contributed by atoms with Crippen molar-refractivity contribution in [1.29, 1.82) is 0 Å². The molecule has 0 amide bonds. The number of aromatic nitrogens is 1. The molecule has 0 fully saturated rings. The maximum atomic E-state index is 9.14. The molecule has 1 aromatic heterocycles. The monoisotopic (exact) mass is 138 g/mol. The Morgan fingerprint density at radius 3 is 2.90 bits per heavy atom. The van der Waals surface area contributed by atoms with Crippen molar-refractivity contribution in [2.45, 2.75) is 13.5 Å². The number of pyridine rings is 1. The minimum Gasteiger partial charge on any atom is -0.506 e. The molecule has 2 N–H and O–H groups in total. The minimum absolute atomic E-state index is 0.0324. The molecule has 10 heavy (non-hydrogen) atoms. The van der Waals surface area contributed by atoms with Crippen molar-refractivity contribution in [2.24, 2.45) is 0 Å². The average molecular weight is 138 g/mol. The highest BCUT2D eigenvalue weighted by Gasteiger charge is 2.01. The van der Waals surface area contributed by atoms with E-state index in [0.29, 0.717) is 11.3 Å². The van der Waals surface area contributed by atoms with Crippen molar-refractivity contribution in [1.82, 2.24) is 4.98 Å². The van der Waals surface area contributed by atoms with Crippen molar-refractivity contribution < 1.29 is 10.2 Å². The molecule has 0 saturated carbocycles. The van der Waals surface area contributed by atoms with Crippen LogP contribution < -0.4 is 0 Å². The van der Waals surface area contributed by atoms with Crippen LogP contribution in [-0.2, 0) is 6.61 Å². The van der Waals surface area contributed by atoms with E-state index >= 15 is 0 Å². The molecule has 1 radical (unpaired) electrons. The van der Waals surface area contributed by atoms with Gasteiger partial charge in [0.25, 0.3) is 0 Å². The summed E-state index contributed by atoms with van der Waals surface area (Å²) in [6.07, 6.45) is 1.43. The first-order valence-electron chi connectivity index (χ1n) is 2.91. The van der Waals surface area contributed by atoms with Crippen LogP contribution in [0.25, 0.3) is 0 Å². The molecule has 3 heteroatoms. The highest BCUT2D eigenvalue weighted by Crippen LogP contribution is 2.17. The lowest BCUT2D eigenvalue weighted by Crippen LogP contribution is -1.89. The smallest absolute Gasteiger partial charge is 0.142 e. The number of rotatable bonds is 1. The second-order valence-corrected chi connectivity index (χ2v) is 1.97. The molecule has 1 aromatic rings. The van der Waals surface area contributed by atoms with E-state index in [4.69, 9.17) is 10.2 Å². The van der Waals surface area contributed by atoms with Crippen LogP contribution in [0.3, 0.4) is 0 Å². The molecular weight excluding hydrogens is 130 g/mol. The molecule has 0 aliphatic rings. The van der Waals surface area contributed by atoms with E-state index in [0.717, 1.165) is 0 Å². The van der Waals surface area contributed by atoms with E-state index in [-0.39, 0.29) is 12.4 Å². The van der Waals surface area contributed by atoms with Gasteiger partial charge in [0, 0.05) is 17.8 Å². The van der Waals surface area contributed by atoms with E-state index in [1.54, 1.807) is 6.92 Å². The molecule has 0 spiro atoms. The van der Waals surface area contributed by atoms with E-state index in [2.05, 4.69) is 11.1 Å². The zero-order chi connectivity index (χ0) is 7.56. The summed E-state index contributed by atoms with van der Waals surface area (Å²) >= 11 is 0. The summed E-state index contributed by atoms with van der Waals surface area (Å²) in [6.45, 7) is 1.47. The second-order valence-electron chi connectivity index (χ2n) is 1.97. The third-order valence-corrected chi connectivity index (χ3v) is 1.28. The van der Waals surface area contributed by atoms with Crippen molar-refractivity contribution in [3.05, 3.63) is 23.5 Å². The van der Waals surface area contributed by atoms with Crippen molar-refractivity contribution in [2.75, 3.05) is 0 Å². The number of hydrogen-bond donors (Lipinski definition) is 2. The van der Waals surface area contributed by atoms with E-state index in [1.165, 1.54) is 6.20 Å². The maximum Gasteiger partial charge on any atom is 0.142 e. The average Bonchev–Trinajstić information content (AvgIpc) is 1.95. The van der Waals surface area contributed by atoms with Crippen LogP contribution >= 0.6 is 0 Å². The summed E-state index contributed by atoms with van der Waals surface area (Å²) in [7, 11) is 0. The van der Waals surface area contributed by atoms with Gasteiger partial charge in [-0.25, -0.2) is 0 Å². The fourth-order valence-electron chi connectivity index (χ4n) is 0.675. The Balaban J connectivity index is 3.14. The largest absolute Gasteiger partial charge is 0.506 e. The SMILES string of the molecule is Cc1nc[c]c(CO)c1O. The molecule has 0 aliphatic heterocycles. The number of nitrogens with zero attached hydrogens (tertiary/aromatic N) is 1. The number of aliphatic hydroxyl groups excluding tert-OH is 1. The Morgan fingerprint density at radius 2 is 2.40 bits per heavy atom. The third kappa shape index (κ3) is 1.09. The summed E-state index contributed by atoms with van der Waals surface area (Å²) in [6, 6.07) is 2.62. The summed E-state index contributed by atoms with van der Waals surface area (Å²) in [5, 5.41) is 17.8. The van der Waals surface area contributed by atoms with Crippen LogP contribution in [0.5, 0.6) is 5.75 Å². The van der Waals surface area contributed by atoms with Gasteiger partial charge in [-0.05, 0) is 6.92 Å². The number of aliphatic hydroxyl groups is 1. The van der Waals surface area contributed by atoms with Crippen LogP contribution in [-0.4, -0.2) is 15.2 Å². The van der Waals surface area contributed by atoms with Gasteiger partial charge in [-0.1, -0.05) is 0 Å². The Morgan fingerprint density at radius 1 is 1.70 bits per heavy atom. The van der Waals surface area contributed by atoms with Crippen LogP contribution in [0, 0.1) is 13.0 Å².